The molecule has 0 aliphatic carbocycles. The Kier molecular flexibility index (Phi) is 15.7. The molecule has 1 atom stereocenters. The smallest absolute Gasteiger partial charge is 0.322 e. The topological polar surface area (TPSA) is 55.8 Å². The molecule has 0 saturated carbocycles. The first-order valence-electron chi connectivity index (χ1n) is 12.9. The number of hydrogen-bond donors (Lipinski definition) is 0. The van der Waals surface area contributed by atoms with Crippen LogP contribution in [0.3, 0.4) is 0 Å². The predicted octanol–water partition coefficient (Wildman–Crippen LogP) is 6.74. The molecule has 0 aromatic carbocycles. The molecule has 0 heterocycles. The summed E-state index contributed by atoms with van der Waals surface area (Å²) in [5.74, 6) is -0.464. The minimum absolute atomic E-state index is 0.123. The first-order chi connectivity index (χ1) is 14.8. The standard InChI is InChI=1S/C24H51NO4Si2/c1-9-17-19-28-23(26)21-22(24(27)29-20-18-10-2)25(30(11-3,12-4)13-5)31(14-6,15-7)16-8/h22H,9-21H2,1-8H3. The minimum atomic E-state index is -1.94. The van der Waals surface area contributed by atoms with Gasteiger partial charge in [0.05, 0.1) is 19.6 Å². The lowest BCUT2D eigenvalue weighted by atomic mass is 10.2. The van der Waals surface area contributed by atoms with E-state index in [-0.39, 0.29) is 18.4 Å². The molecule has 0 rings (SSSR count). The Labute approximate surface area is 194 Å². The third-order valence-corrected chi connectivity index (χ3v) is 20.8. The van der Waals surface area contributed by atoms with Crippen molar-refractivity contribution in [2.45, 2.75) is 130 Å². The molecule has 184 valence electrons. The van der Waals surface area contributed by atoms with Gasteiger partial charge in [0, 0.05) is 0 Å². The second-order valence-electron chi connectivity index (χ2n) is 8.76. The van der Waals surface area contributed by atoms with Gasteiger partial charge in [-0.25, -0.2) is 0 Å². The van der Waals surface area contributed by atoms with Crippen molar-refractivity contribution < 1.29 is 19.1 Å². The number of unbranched alkanes of at least 4 members (excludes halogenated alkanes) is 2. The van der Waals surface area contributed by atoms with Crippen LogP contribution in [0.25, 0.3) is 0 Å². The summed E-state index contributed by atoms with van der Waals surface area (Å²) in [5, 5.41) is 0. The molecule has 0 spiro atoms. The van der Waals surface area contributed by atoms with Crippen molar-refractivity contribution in [3.8, 4) is 0 Å². The molecule has 0 N–H and O–H groups in total. The number of ether oxygens (including phenoxy) is 2. The second kappa shape index (κ2) is 16.0. The van der Waals surface area contributed by atoms with Crippen molar-refractivity contribution in [1.82, 2.24) is 4.23 Å². The van der Waals surface area contributed by atoms with E-state index >= 15 is 0 Å². The van der Waals surface area contributed by atoms with E-state index in [0.29, 0.717) is 13.2 Å². The van der Waals surface area contributed by atoms with Gasteiger partial charge in [0.25, 0.3) is 0 Å². The van der Waals surface area contributed by atoms with Gasteiger partial charge in [-0.2, -0.15) is 0 Å². The molecular weight excluding hydrogens is 422 g/mol. The second-order valence-corrected chi connectivity index (χ2v) is 19.3. The zero-order valence-electron chi connectivity index (χ0n) is 21.8. The van der Waals surface area contributed by atoms with Crippen molar-refractivity contribution >= 4 is 28.4 Å². The van der Waals surface area contributed by atoms with Gasteiger partial charge in [-0.1, -0.05) is 68.2 Å². The third kappa shape index (κ3) is 8.32. The highest BCUT2D eigenvalue weighted by Crippen LogP contribution is 2.39. The van der Waals surface area contributed by atoms with E-state index in [1.54, 1.807) is 0 Å². The third-order valence-electron chi connectivity index (χ3n) is 7.42. The highest BCUT2D eigenvalue weighted by Gasteiger charge is 2.52. The van der Waals surface area contributed by atoms with Crippen LogP contribution in [0, 0.1) is 0 Å². The average Bonchev–Trinajstić information content (AvgIpc) is 2.79. The lowest BCUT2D eigenvalue weighted by Gasteiger charge is -2.54. The number of nitrogens with zero attached hydrogens (tertiary/aromatic N) is 1. The molecule has 0 amide bonds. The summed E-state index contributed by atoms with van der Waals surface area (Å²) in [5.41, 5.74) is 0. The normalized spacial score (nSPS) is 13.3. The summed E-state index contributed by atoms with van der Waals surface area (Å²) in [7, 11) is -3.87. The molecule has 0 bridgehead atoms. The molecule has 5 nitrogen and oxygen atoms in total. The summed E-state index contributed by atoms with van der Waals surface area (Å²) >= 11 is 0. The lowest BCUT2D eigenvalue weighted by Crippen LogP contribution is -2.71. The SMILES string of the molecule is CCCCOC(=O)CC(C(=O)OCCCC)N([Si](CC)(CC)CC)[Si](CC)(CC)CC. The van der Waals surface area contributed by atoms with Crippen LogP contribution in [0.15, 0.2) is 0 Å². The Morgan fingerprint density at radius 2 is 1.06 bits per heavy atom. The Balaban J connectivity index is 6.33. The van der Waals surface area contributed by atoms with Crippen LogP contribution in [0.1, 0.15) is 87.5 Å². The predicted molar refractivity (Wildman–Crippen MR) is 136 cm³/mol. The maximum absolute atomic E-state index is 13.5. The molecule has 1 unspecified atom stereocenters. The summed E-state index contributed by atoms with van der Waals surface area (Å²) in [4.78, 5) is 26.3. The van der Waals surface area contributed by atoms with Gasteiger partial charge in [-0.3, -0.25) is 9.59 Å². The first-order valence-corrected chi connectivity index (χ1v) is 18.1. The van der Waals surface area contributed by atoms with Crippen LogP contribution in [0.4, 0.5) is 0 Å². The molecule has 0 fully saturated rings. The van der Waals surface area contributed by atoms with Crippen LogP contribution < -0.4 is 0 Å². The fourth-order valence-corrected chi connectivity index (χ4v) is 18.6. The van der Waals surface area contributed by atoms with Crippen molar-refractivity contribution in [2.24, 2.45) is 0 Å². The number of hydrogen-bond acceptors (Lipinski definition) is 5. The molecule has 0 aromatic heterocycles. The quantitative estimate of drug-likeness (QED) is 0.125. The van der Waals surface area contributed by atoms with Gasteiger partial charge in [0.1, 0.15) is 22.5 Å². The molecule has 0 saturated heterocycles. The molecule has 0 aromatic rings. The summed E-state index contributed by atoms with van der Waals surface area (Å²) in [6, 6.07) is 6.08. The van der Waals surface area contributed by atoms with Gasteiger partial charge in [-0.15, -0.1) is 0 Å². The van der Waals surface area contributed by atoms with Gasteiger partial charge in [0.15, 0.2) is 0 Å². The monoisotopic (exact) mass is 473 g/mol. The van der Waals surface area contributed by atoms with Crippen molar-refractivity contribution in [1.29, 1.82) is 0 Å². The first kappa shape index (κ1) is 30.3. The van der Waals surface area contributed by atoms with Crippen LogP contribution in [-0.2, 0) is 19.1 Å². The zero-order valence-corrected chi connectivity index (χ0v) is 23.8. The Morgan fingerprint density at radius 3 is 1.42 bits per heavy atom. The molecule has 0 aliphatic rings. The van der Waals surface area contributed by atoms with E-state index in [4.69, 9.17) is 9.47 Å². The molecule has 31 heavy (non-hydrogen) atoms. The Hall–Kier alpha value is -0.666. The number of carbonyl (C=O) groups is 2. The van der Waals surface area contributed by atoms with Gasteiger partial charge < -0.3 is 13.7 Å². The summed E-state index contributed by atoms with van der Waals surface area (Å²) < 4.78 is 14.0. The average molecular weight is 474 g/mol. The van der Waals surface area contributed by atoms with Crippen molar-refractivity contribution in [3.63, 3.8) is 0 Å². The van der Waals surface area contributed by atoms with E-state index in [1.165, 1.54) is 0 Å². The largest absolute Gasteiger partial charge is 0.466 e. The molecule has 0 radical (unpaired) electrons. The van der Waals surface area contributed by atoms with Gasteiger partial charge >= 0.3 is 11.9 Å². The fraction of sp³-hybridized carbons (Fsp3) is 0.917. The molecule has 7 heteroatoms. The number of rotatable bonds is 18. The van der Waals surface area contributed by atoms with E-state index in [1.807, 2.05) is 0 Å². The van der Waals surface area contributed by atoms with Crippen molar-refractivity contribution in [2.75, 3.05) is 13.2 Å². The summed E-state index contributed by atoms with van der Waals surface area (Å²) in [6.45, 7) is 18.7. The van der Waals surface area contributed by atoms with Crippen LogP contribution in [-0.4, -0.2) is 51.9 Å². The highest BCUT2D eigenvalue weighted by atomic mass is 28.4. The maximum atomic E-state index is 13.5. The van der Waals surface area contributed by atoms with Crippen LogP contribution in [0.2, 0.25) is 36.3 Å². The van der Waals surface area contributed by atoms with Crippen LogP contribution >= 0.6 is 0 Å². The number of carbonyl (C=O) groups excluding carboxylic acids is 2. The maximum Gasteiger partial charge on any atom is 0.322 e. The zero-order chi connectivity index (χ0) is 23.9. The molecular formula is C24H51NO4Si2. The fourth-order valence-electron chi connectivity index (χ4n) is 4.93. The Bertz CT molecular complexity index is 471. The van der Waals surface area contributed by atoms with Gasteiger partial charge in [0.2, 0.25) is 0 Å². The van der Waals surface area contributed by atoms with E-state index < -0.39 is 22.5 Å². The van der Waals surface area contributed by atoms with E-state index in [2.05, 4.69) is 59.6 Å². The minimum Gasteiger partial charge on any atom is -0.466 e. The Morgan fingerprint density at radius 1 is 0.677 bits per heavy atom. The summed E-state index contributed by atoms with van der Waals surface area (Å²) in [6.07, 6.45) is 3.80. The van der Waals surface area contributed by atoms with E-state index in [0.717, 1.165) is 61.9 Å². The van der Waals surface area contributed by atoms with Crippen molar-refractivity contribution in [3.05, 3.63) is 0 Å². The van der Waals surface area contributed by atoms with E-state index in [9.17, 15) is 9.59 Å². The molecule has 0 aliphatic heterocycles. The highest BCUT2D eigenvalue weighted by molar-refractivity contribution is 6.93. The number of esters is 2. The van der Waals surface area contributed by atoms with Crippen LogP contribution in [0.5, 0.6) is 0 Å². The lowest BCUT2D eigenvalue weighted by molar-refractivity contribution is -0.154. The van der Waals surface area contributed by atoms with Gasteiger partial charge in [-0.05, 0) is 49.1 Å².